The number of benzene rings is 1. The number of hydrogen-bond acceptors (Lipinski definition) is 2. The third kappa shape index (κ3) is 4.57. The minimum Gasteiger partial charge on any atom is -0.478 e. The van der Waals surface area contributed by atoms with Gasteiger partial charge in [-0.25, -0.2) is 9.59 Å². The normalized spacial score (nSPS) is 11.2. The first-order valence-electron chi connectivity index (χ1n) is 6.60. The van der Waals surface area contributed by atoms with Crippen molar-refractivity contribution in [3.05, 3.63) is 29.8 Å². The second-order valence-electron chi connectivity index (χ2n) is 5.84. The van der Waals surface area contributed by atoms with Crippen molar-refractivity contribution in [2.75, 3.05) is 11.9 Å². The first-order chi connectivity index (χ1) is 9.22. The number of carboxylic acids is 1. The fourth-order valence-electron chi connectivity index (χ4n) is 1.42. The average Bonchev–Trinajstić information content (AvgIpc) is 2.36. The molecule has 0 heterocycles. The topological polar surface area (TPSA) is 78.4 Å². The summed E-state index contributed by atoms with van der Waals surface area (Å²) in [5.74, 6) is -0.576. The van der Waals surface area contributed by atoms with Crippen molar-refractivity contribution in [2.24, 2.45) is 11.3 Å². The summed E-state index contributed by atoms with van der Waals surface area (Å²) < 4.78 is 0. The standard InChI is InChI=1S/C15H22N2O3/c1-10(2)15(3,4)9-16-14(20)17-12-7-5-6-11(8-12)13(18)19/h5-8,10H,9H2,1-4H3,(H,18,19)(H2,16,17,20). The van der Waals surface area contributed by atoms with Gasteiger partial charge in [-0.1, -0.05) is 33.8 Å². The van der Waals surface area contributed by atoms with Crippen LogP contribution in [0, 0.1) is 11.3 Å². The van der Waals surface area contributed by atoms with E-state index in [1.54, 1.807) is 12.1 Å². The summed E-state index contributed by atoms with van der Waals surface area (Å²) in [6.07, 6.45) is 0. The predicted octanol–water partition coefficient (Wildman–Crippen LogP) is 3.19. The van der Waals surface area contributed by atoms with Crippen molar-refractivity contribution in [1.29, 1.82) is 0 Å². The molecule has 0 aliphatic heterocycles. The fraction of sp³-hybridized carbons (Fsp3) is 0.467. The minimum atomic E-state index is -1.02. The molecule has 1 aromatic carbocycles. The maximum absolute atomic E-state index is 11.8. The molecule has 20 heavy (non-hydrogen) atoms. The predicted molar refractivity (Wildman–Crippen MR) is 79.0 cm³/mol. The smallest absolute Gasteiger partial charge is 0.335 e. The van der Waals surface area contributed by atoms with E-state index in [1.165, 1.54) is 12.1 Å². The highest BCUT2D eigenvalue weighted by atomic mass is 16.4. The molecule has 0 saturated heterocycles. The van der Waals surface area contributed by atoms with E-state index in [-0.39, 0.29) is 17.0 Å². The van der Waals surface area contributed by atoms with Gasteiger partial charge >= 0.3 is 12.0 Å². The highest BCUT2D eigenvalue weighted by Crippen LogP contribution is 2.24. The van der Waals surface area contributed by atoms with E-state index >= 15 is 0 Å². The summed E-state index contributed by atoms with van der Waals surface area (Å²) in [5, 5.41) is 14.3. The first-order valence-corrected chi connectivity index (χ1v) is 6.60. The molecule has 110 valence electrons. The molecule has 5 nitrogen and oxygen atoms in total. The number of urea groups is 1. The molecule has 1 rings (SSSR count). The zero-order valence-electron chi connectivity index (χ0n) is 12.4. The molecule has 0 aromatic heterocycles. The molecule has 0 unspecified atom stereocenters. The molecule has 0 aliphatic carbocycles. The van der Waals surface area contributed by atoms with Gasteiger partial charge in [-0.15, -0.1) is 0 Å². The number of carboxylic acid groups (broad SMARTS) is 1. The zero-order valence-corrected chi connectivity index (χ0v) is 12.4. The Labute approximate surface area is 119 Å². The van der Waals surface area contributed by atoms with Crippen LogP contribution in [0.1, 0.15) is 38.1 Å². The van der Waals surface area contributed by atoms with E-state index in [9.17, 15) is 9.59 Å². The number of amides is 2. The minimum absolute atomic E-state index is 0.000251. The van der Waals surface area contributed by atoms with Crippen LogP contribution in [0.5, 0.6) is 0 Å². The van der Waals surface area contributed by atoms with E-state index in [4.69, 9.17) is 5.11 Å². The van der Waals surface area contributed by atoms with E-state index in [0.717, 1.165) is 0 Å². The van der Waals surface area contributed by atoms with Crippen LogP contribution in [0.2, 0.25) is 0 Å². The highest BCUT2D eigenvalue weighted by molar-refractivity contribution is 5.93. The van der Waals surface area contributed by atoms with Crippen molar-refractivity contribution in [1.82, 2.24) is 5.32 Å². The highest BCUT2D eigenvalue weighted by Gasteiger charge is 2.22. The quantitative estimate of drug-likeness (QED) is 0.774. The monoisotopic (exact) mass is 278 g/mol. The van der Waals surface area contributed by atoms with Crippen molar-refractivity contribution in [3.63, 3.8) is 0 Å². The van der Waals surface area contributed by atoms with Crippen LogP contribution in [0.25, 0.3) is 0 Å². The number of anilines is 1. The lowest BCUT2D eigenvalue weighted by Crippen LogP contribution is -2.39. The lowest BCUT2D eigenvalue weighted by molar-refractivity contribution is 0.0697. The van der Waals surface area contributed by atoms with Gasteiger partial charge in [0.05, 0.1) is 5.56 Å². The van der Waals surface area contributed by atoms with Crippen molar-refractivity contribution in [3.8, 4) is 0 Å². The average molecular weight is 278 g/mol. The second-order valence-corrected chi connectivity index (χ2v) is 5.84. The fourth-order valence-corrected chi connectivity index (χ4v) is 1.42. The molecule has 0 aliphatic rings. The summed E-state index contributed by atoms with van der Waals surface area (Å²) in [4.78, 5) is 22.6. The Morgan fingerprint density at radius 3 is 2.50 bits per heavy atom. The molecule has 2 amide bonds. The molecular weight excluding hydrogens is 256 g/mol. The Balaban J connectivity index is 2.59. The molecule has 0 fully saturated rings. The summed E-state index contributed by atoms with van der Waals surface area (Å²) >= 11 is 0. The Kier molecular flexibility index (Phi) is 5.13. The molecular formula is C15H22N2O3. The van der Waals surface area contributed by atoms with Crippen molar-refractivity contribution < 1.29 is 14.7 Å². The Hall–Kier alpha value is -2.04. The molecule has 0 bridgehead atoms. The summed E-state index contributed by atoms with van der Waals surface area (Å²) in [6, 6.07) is 5.82. The van der Waals surface area contributed by atoms with Crippen LogP contribution in [-0.2, 0) is 0 Å². The Morgan fingerprint density at radius 2 is 1.95 bits per heavy atom. The van der Waals surface area contributed by atoms with Gasteiger partial charge in [0.25, 0.3) is 0 Å². The molecule has 0 atom stereocenters. The van der Waals surface area contributed by atoms with Crippen molar-refractivity contribution in [2.45, 2.75) is 27.7 Å². The SMILES string of the molecule is CC(C)C(C)(C)CNC(=O)Nc1cccc(C(=O)O)c1. The maximum Gasteiger partial charge on any atom is 0.335 e. The molecule has 0 radical (unpaired) electrons. The van der Waals surface area contributed by atoms with Gasteiger partial charge in [-0.2, -0.15) is 0 Å². The van der Waals surface area contributed by atoms with Gasteiger partial charge in [-0.3, -0.25) is 0 Å². The van der Waals surface area contributed by atoms with E-state index in [1.807, 2.05) is 0 Å². The maximum atomic E-state index is 11.8. The number of nitrogens with one attached hydrogen (secondary N) is 2. The second kappa shape index (κ2) is 6.41. The van der Waals surface area contributed by atoms with Crippen LogP contribution in [0.15, 0.2) is 24.3 Å². The van der Waals surface area contributed by atoms with Crippen LogP contribution < -0.4 is 10.6 Å². The summed E-state index contributed by atoms with van der Waals surface area (Å²) in [5.41, 5.74) is 0.607. The van der Waals surface area contributed by atoms with Gasteiger partial charge in [0.1, 0.15) is 0 Å². The van der Waals surface area contributed by atoms with Gasteiger partial charge in [-0.05, 0) is 29.5 Å². The summed E-state index contributed by atoms with van der Waals surface area (Å²) in [7, 11) is 0. The van der Waals surface area contributed by atoms with E-state index < -0.39 is 5.97 Å². The number of hydrogen-bond donors (Lipinski definition) is 3. The van der Waals surface area contributed by atoms with Gasteiger partial charge in [0.15, 0.2) is 0 Å². The Morgan fingerprint density at radius 1 is 1.30 bits per heavy atom. The third-order valence-corrected chi connectivity index (χ3v) is 3.63. The third-order valence-electron chi connectivity index (χ3n) is 3.63. The van der Waals surface area contributed by atoms with Crippen LogP contribution in [0.3, 0.4) is 0 Å². The molecule has 5 heteroatoms. The van der Waals surface area contributed by atoms with Crippen LogP contribution in [0.4, 0.5) is 10.5 Å². The Bertz CT molecular complexity index is 496. The van der Waals surface area contributed by atoms with Crippen LogP contribution in [-0.4, -0.2) is 23.7 Å². The number of rotatable bonds is 5. The molecule has 1 aromatic rings. The largest absolute Gasteiger partial charge is 0.478 e. The van der Waals surface area contributed by atoms with Crippen molar-refractivity contribution >= 4 is 17.7 Å². The number of aromatic carboxylic acids is 1. The lowest BCUT2D eigenvalue weighted by atomic mass is 9.81. The van der Waals surface area contributed by atoms with Gasteiger partial charge in [0.2, 0.25) is 0 Å². The molecule has 0 saturated carbocycles. The zero-order chi connectivity index (χ0) is 15.3. The summed E-state index contributed by atoms with van der Waals surface area (Å²) in [6.45, 7) is 8.94. The van der Waals surface area contributed by atoms with Gasteiger partial charge < -0.3 is 15.7 Å². The lowest BCUT2D eigenvalue weighted by Gasteiger charge is -2.29. The first kappa shape index (κ1) is 16.0. The number of carbonyl (C=O) groups is 2. The number of carbonyl (C=O) groups excluding carboxylic acids is 1. The molecule has 3 N–H and O–H groups in total. The van der Waals surface area contributed by atoms with Crippen LogP contribution >= 0.6 is 0 Å². The van der Waals surface area contributed by atoms with E-state index in [0.29, 0.717) is 18.2 Å². The molecule has 0 spiro atoms. The van der Waals surface area contributed by atoms with Gasteiger partial charge in [0, 0.05) is 12.2 Å². The van der Waals surface area contributed by atoms with E-state index in [2.05, 4.69) is 38.3 Å².